The van der Waals surface area contributed by atoms with Crippen LogP contribution in [0.4, 0.5) is 5.69 Å². The maximum atomic E-state index is 5.23. The van der Waals surface area contributed by atoms with Crippen molar-refractivity contribution < 1.29 is 4.74 Å². The maximum absolute atomic E-state index is 5.23. The van der Waals surface area contributed by atoms with Crippen molar-refractivity contribution in [1.82, 2.24) is 0 Å². The molecule has 0 heterocycles. The van der Waals surface area contributed by atoms with Crippen LogP contribution in [0.1, 0.15) is 5.56 Å². The number of methoxy groups -OCH3 is 1. The molecule has 0 unspecified atom stereocenters. The fourth-order valence-corrected chi connectivity index (χ4v) is 2.31. The van der Waals surface area contributed by atoms with Gasteiger partial charge in [-0.25, -0.2) is 0 Å². The number of anilines is 1. The van der Waals surface area contributed by atoms with Crippen molar-refractivity contribution >= 4 is 28.3 Å². The Kier molecular flexibility index (Phi) is 4.25. The van der Waals surface area contributed by atoms with Gasteiger partial charge in [0.15, 0.2) is 0 Å². The van der Waals surface area contributed by atoms with Crippen LogP contribution in [0.15, 0.2) is 48.5 Å². The van der Waals surface area contributed by atoms with E-state index in [0.29, 0.717) is 0 Å². The second-order valence-electron chi connectivity index (χ2n) is 3.69. The number of nitrogens with one attached hydrogen (secondary N) is 1. The summed E-state index contributed by atoms with van der Waals surface area (Å²) in [6.07, 6.45) is 0. The summed E-state index contributed by atoms with van der Waals surface area (Å²) in [7, 11) is 1.69. The van der Waals surface area contributed by atoms with E-state index in [2.05, 4.69) is 58.2 Å². The van der Waals surface area contributed by atoms with Crippen LogP contribution in [-0.2, 0) is 6.54 Å². The minimum atomic E-state index is 0.837. The zero-order chi connectivity index (χ0) is 12.1. The van der Waals surface area contributed by atoms with Crippen LogP contribution in [0, 0.1) is 3.57 Å². The lowest BCUT2D eigenvalue weighted by atomic mass is 10.2. The standard InChI is InChI=1S/C14H14INO/c1-17-14-8-7-12(9-13(14)15)16-10-11-5-3-2-4-6-11/h2-9,16H,10H2,1H3. The summed E-state index contributed by atoms with van der Waals surface area (Å²) in [5.41, 5.74) is 2.39. The van der Waals surface area contributed by atoms with Gasteiger partial charge >= 0.3 is 0 Å². The zero-order valence-electron chi connectivity index (χ0n) is 9.61. The molecule has 0 atom stereocenters. The molecule has 0 saturated carbocycles. The van der Waals surface area contributed by atoms with Crippen molar-refractivity contribution in [2.24, 2.45) is 0 Å². The summed E-state index contributed by atoms with van der Waals surface area (Å²) in [6, 6.07) is 16.5. The summed E-state index contributed by atoms with van der Waals surface area (Å²) in [5.74, 6) is 0.913. The molecule has 0 aliphatic rings. The van der Waals surface area contributed by atoms with Gasteiger partial charge in [-0.3, -0.25) is 0 Å². The highest BCUT2D eigenvalue weighted by molar-refractivity contribution is 14.1. The van der Waals surface area contributed by atoms with Crippen LogP contribution in [0.5, 0.6) is 5.75 Å². The third-order valence-corrected chi connectivity index (χ3v) is 3.33. The molecule has 1 N–H and O–H groups in total. The van der Waals surface area contributed by atoms with Gasteiger partial charge in [-0.05, 0) is 46.4 Å². The fourth-order valence-electron chi connectivity index (χ4n) is 1.58. The fraction of sp³-hybridized carbons (Fsp3) is 0.143. The van der Waals surface area contributed by atoms with Gasteiger partial charge in [0.05, 0.1) is 10.7 Å². The van der Waals surface area contributed by atoms with Gasteiger partial charge in [0, 0.05) is 12.2 Å². The van der Waals surface area contributed by atoms with E-state index in [0.717, 1.165) is 21.6 Å². The number of rotatable bonds is 4. The largest absolute Gasteiger partial charge is 0.496 e. The molecule has 88 valence electrons. The topological polar surface area (TPSA) is 21.3 Å². The van der Waals surface area contributed by atoms with E-state index in [-0.39, 0.29) is 0 Å². The first-order valence-corrected chi connectivity index (χ1v) is 6.49. The molecule has 0 amide bonds. The molecule has 0 fully saturated rings. The number of benzene rings is 2. The monoisotopic (exact) mass is 339 g/mol. The predicted octanol–water partition coefficient (Wildman–Crippen LogP) is 3.91. The van der Waals surface area contributed by atoms with Crippen molar-refractivity contribution in [2.45, 2.75) is 6.54 Å². The van der Waals surface area contributed by atoms with Crippen molar-refractivity contribution in [2.75, 3.05) is 12.4 Å². The van der Waals surface area contributed by atoms with Gasteiger partial charge in [-0.15, -0.1) is 0 Å². The molecule has 0 bridgehead atoms. The zero-order valence-corrected chi connectivity index (χ0v) is 11.8. The maximum Gasteiger partial charge on any atom is 0.132 e. The Morgan fingerprint density at radius 2 is 1.88 bits per heavy atom. The smallest absolute Gasteiger partial charge is 0.132 e. The molecule has 0 aliphatic heterocycles. The van der Waals surface area contributed by atoms with Crippen molar-refractivity contribution in [3.8, 4) is 5.75 Å². The number of ether oxygens (including phenoxy) is 1. The molecule has 0 radical (unpaired) electrons. The van der Waals surface area contributed by atoms with Gasteiger partial charge in [-0.1, -0.05) is 30.3 Å². The Labute approximate surface area is 115 Å². The molecule has 0 saturated heterocycles. The van der Waals surface area contributed by atoms with Gasteiger partial charge in [0.2, 0.25) is 0 Å². The van der Waals surface area contributed by atoms with Crippen LogP contribution >= 0.6 is 22.6 Å². The molecule has 2 aromatic rings. The first-order chi connectivity index (χ1) is 8.29. The number of halogens is 1. The van der Waals surface area contributed by atoms with Crippen LogP contribution in [0.3, 0.4) is 0 Å². The SMILES string of the molecule is COc1ccc(NCc2ccccc2)cc1I. The molecule has 0 aliphatic carbocycles. The molecule has 17 heavy (non-hydrogen) atoms. The minimum Gasteiger partial charge on any atom is -0.496 e. The van der Waals surface area contributed by atoms with Gasteiger partial charge < -0.3 is 10.1 Å². The quantitative estimate of drug-likeness (QED) is 0.853. The normalized spacial score (nSPS) is 10.0. The molecular formula is C14H14INO. The van der Waals surface area contributed by atoms with Gasteiger partial charge in [-0.2, -0.15) is 0 Å². The average Bonchev–Trinajstić information content (AvgIpc) is 2.38. The highest BCUT2D eigenvalue weighted by Gasteiger charge is 2.00. The minimum absolute atomic E-state index is 0.837. The van der Waals surface area contributed by atoms with E-state index in [1.165, 1.54) is 5.56 Å². The van der Waals surface area contributed by atoms with Crippen molar-refractivity contribution in [3.05, 3.63) is 57.7 Å². The van der Waals surface area contributed by atoms with Crippen LogP contribution < -0.4 is 10.1 Å². The summed E-state index contributed by atoms with van der Waals surface area (Å²) in [6.45, 7) is 0.837. The van der Waals surface area contributed by atoms with E-state index in [1.54, 1.807) is 7.11 Å². The van der Waals surface area contributed by atoms with Crippen LogP contribution in [0.25, 0.3) is 0 Å². The second kappa shape index (κ2) is 5.91. The first-order valence-electron chi connectivity index (χ1n) is 5.41. The number of hydrogen-bond donors (Lipinski definition) is 1. The molecule has 0 spiro atoms. The van der Waals surface area contributed by atoms with E-state index in [9.17, 15) is 0 Å². The first kappa shape index (κ1) is 12.2. The third kappa shape index (κ3) is 3.36. The highest BCUT2D eigenvalue weighted by atomic mass is 127. The second-order valence-corrected chi connectivity index (χ2v) is 4.85. The van der Waals surface area contributed by atoms with E-state index >= 15 is 0 Å². The van der Waals surface area contributed by atoms with Crippen LogP contribution in [0.2, 0.25) is 0 Å². The molecular weight excluding hydrogens is 325 g/mol. The highest BCUT2D eigenvalue weighted by Crippen LogP contribution is 2.24. The van der Waals surface area contributed by atoms with E-state index in [1.807, 2.05) is 18.2 Å². The molecule has 2 aromatic carbocycles. The third-order valence-electron chi connectivity index (χ3n) is 2.49. The Bertz CT molecular complexity index is 485. The lowest BCUT2D eigenvalue weighted by molar-refractivity contribution is 0.412. The van der Waals surface area contributed by atoms with E-state index in [4.69, 9.17) is 4.74 Å². The Morgan fingerprint density at radius 1 is 1.12 bits per heavy atom. The molecule has 2 rings (SSSR count). The summed E-state index contributed by atoms with van der Waals surface area (Å²) < 4.78 is 6.34. The predicted molar refractivity (Wildman–Crippen MR) is 79.5 cm³/mol. The van der Waals surface area contributed by atoms with Gasteiger partial charge in [0.1, 0.15) is 5.75 Å². The van der Waals surface area contributed by atoms with Crippen LogP contribution in [-0.4, -0.2) is 7.11 Å². The summed E-state index contributed by atoms with van der Waals surface area (Å²) >= 11 is 2.28. The number of hydrogen-bond acceptors (Lipinski definition) is 2. The average molecular weight is 339 g/mol. The Morgan fingerprint density at radius 3 is 2.53 bits per heavy atom. The summed E-state index contributed by atoms with van der Waals surface area (Å²) in [5, 5.41) is 3.39. The van der Waals surface area contributed by atoms with Crippen molar-refractivity contribution in [3.63, 3.8) is 0 Å². The Balaban J connectivity index is 2.02. The van der Waals surface area contributed by atoms with Gasteiger partial charge in [0.25, 0.3) is 0 Å². The summed E-state index contributed by atoms with van der Waals surface area (Å²) in [4.78, 5) is 0. The molecule has 2 nitrogen and oxygen atoms in total. The molecule has 3 heteroatoms. The van der Waals surface area contributed by atoms with Crippen molar-refractivity contribution in [1.29, 1.82) is 0 Å². The molecule has 0 aromatic heterocycles. The van der Waals surface area contributed by atoms with E-state index < -0.39 is 0 Å². The lowest BCUT2D eigenvalue weighted by Gasteiger charge is -2.09. The Hall–Kier alpha value is -1.23. The lowest BCUT2D eigenvalue weighted by Crippen LogP contribution is -1.99.